The molecule has 0 fully saturated rings. The van der Waals surface area contributed by atoms with Crippen molar-refractivity contribution in [3.63, 3.8) is 0 Å². The van der Waals surface area contributed by atoms with Crippen LogP contribution in [0.4, 0.5) is 0 Å². The average Bonchev–Trinajstić information content (AvgIpc) is 2.69. The van der Waals surface area contributed by atoms with E-state index in [-0.39, 0.29) is 18.4 Å². The summed E-state index contributed by atoms with van der Waals surface area (Å²) in [6.45, 7) is 0.143. The third-order valence-electron chi connectivity index (χ3n) is 4.57. The zero-order valence-electron chi connectivity index (χ0n) is 14.1. The summed E-state index contributed by atoms with van der Waals surface area (Å²) in [6.07, 6.45) is 0. The Kier molecular flexibility index (Phi) is 3.77. The summed E-state index contributed by atoms with van der Waals surface area (Å²) in [5, 5.41) is 1.59. The van der Waals surface area contributed by atoms with Crippen molar-refractivity contribution < 1.29 is 19.1 Å². The minimum absolute atomic E-state index is 0.143. The molecule has 26 heavy (non-hydrogen) atoms. The molecule has 0 saturated carbocycles. The molecule has 0 unspecified atom stereocenters. The van der Waals surface area contributed by atoms with Gasteiger partial charge in [-0.05, 0) is 35.2 Å². The predicted molar refractivity (Wildman–Crippen MR) is 95.9 cm³/mol. The van der Waals surface area contributed by atoms with Gasteiger partial charge in [0.05, 0.1) is 19.2 Å². The summed E-state index contributed by atoms with van der Waals surface area (Å²) in [7, 11) is 1.32. The Hall–Kier alpha value is -3.47. The highest BCUT2D eigenvalue weighted by Gasteiger charge is 2.32. The first-order valence-electron chi connectivity index (χ1n) is 8.15. The molecule has 1 aliphatic heterocycles. The van der Waals surface area contributed by atoms with Gasteiger partial charge in [-0.3, -0.25) is 14.5 Å². The number of imide groups is 1. The van der Waals surface area contributed by atoms with E-state index in [1.54, 1.807) is 36.4 Å². The van der Waals surface area contributed by atoms with Crippen LogP contribution in [-0.2, 0) is 11.3 Å². The van der Waals surface area contributed by atoms with Crippen molar-refractivity contribution in [2.45, 2.75) is 6.54 Å². The van der Waals surface area contributed by atoms with E-state index in [1.807, 2.05) is 24.3 Å². The third kappa shape index (κ3) is 2.45. The lowest BCUT2D eigenvalue weighted by Gasteiger charge is -2.27. The lowest BCUT2D eigenvalue weighted by atomic mass is 9.94. The zero-order chi connectivity index (χ0) is 18.3. The molecule has 0 aromatic heterocycles. The second kappa shape index (κ2) is 6.11. The van der Waals surface area contributed by atoms with Crippen molar-refractivity contribution in [3.8, 4) is 0 Å². The summed E-state index contributed by atoms with van der Waals surface area (Å²) in [6, 6.07) is 17.6. The van der Waals surface area contributed by atoms with Crippen LogP contribution in [0.3, 0.4) is 0 Å². The molecule has 0 aliphatic carbocycles. The number of rotatable bonds is 3. The van der Waals surface area contributed by atoms with Gasteiger partial charge in [0, 0.05) is 16.5 Å². The fourth-order valence-electron chi connectivity index (χ4n) is 3.27. The van der Waals surface area contributed by atoms with Gasteiger partial charge in [0.15, 0.2) is 0 Å². The van der Waals surface area contributed by atoms with Crippen LogP contribution in [0.25, 0.3) is 10.8 Å². The number of benzene rings is 3. The molecule has 3 aromatic rings. The van der Waals surface area contributed by atoms with Crippen molar-refractivity contribution >= 4 is 28.6 Å². The summed E-state index contributed by atoms with van der Waals surface area (Å²) in [4.78, 5) is 38.5. The average molecular weight is 345 g/mol. The summed E-state index contributed by atoms with van der Waals surface area (Å²) >= 11 is 0. The van der Waals surface area contributed by atoms with Gasteiger partial charge in [-0.25, -0.2) is 4.79 Å². The molecule has 0 spiro atoms. The van der Waals surface area contributed by atoms with Gasteiger partial charge in [0.25, 0.3) is 11.8 Å². The lowest BCUT2D eigenvalue weighted by Crippen LogP contribution is -2.39. The Morgan fingerprint density at radius 3 is 2.00 bits per heavy atom. The smallest absolute Gasteiger partial charge is 0.337 e. The van der Waals surface area contributed by atoms with Crippen molar-refractivity contribution in [2.24, 2.45) is 0 Å². The number of carbonyl (C=O) groups excluding carboxylic acids is 3. The van der Waals surface area contributed by atoms with E-state index in [0.717, 1.165) is 10.9 Å². The van der Waals surface area contributed by atoms with Crippen LogP contribution in [0.5, 0.6) is 0 Å². The third-order valence-corrected chi connectivity index (χ3v) is 4.57. The normalized spacial score (nSPS) is 13.2. The Morgan fingerprint density at radius 2 is 1.46 bits per heavy atom. The van der Waals surface area contributed by atoms with E-state index in [1.165, 1.54) is 12.0 Å². The van der Waals surface area contributed by atoms with Crippen LogP contribution >= 0.6 is 0 Å². The maximum Gasteiger partial charge on any atom is 0.337 e. The number of carbonyl (C=O) groups is 3. The van der Waals surface area contributed by atoms with Crippen molar-refractivity contribution in [1.82, 2.24) is 4.90 Å². The molecular weight excluding hydrogens is 330 g/mol. The Balaban J connectivity index is 1.69. The van der Waals surface area contributed by atoms with E-state index in [0.29, 0.717) is 22.1 Å². The molecule has 0 radical (unpaired) electrons. The van der Waals surface area contributed by atoms with Crippen LogP contribution in [0.1, 0.15) is 36.6 Å². The number of amides is 2. The van der Waals surface area contributed by atoms with Crippen LogP contribution in [0.15, 0.2) is 60.7 Å². The number of hydrogen-bond acceptors (Lipinski definition) is 4. The summed E-state index contributed by atoms with van der Waals surface area (Å²) in [5.41, 5.74) is 2.24. The highest BCUT2D eigenvalue weighted by atomic mass is 16.5. The Labute approximate surface area is 149 Å². The molecule has 0 saturated heterocycles. The van der Waals surface area contributed by atoms with Crippen molar-refractivity contribution in [1.29, 1.82) is 0 Å². The monoisotopic (exact) mass is 345 g/mol. The fourth-order valence-corrected chi connectivity index (χ4v) is 3.27. The molecule has 5 heteroatoms. The molecule has 0 N–H and O–H groups in total. The van der Waals surface area contributed by atoms with E-state index in [9.17, 15) is 14.4 Å². The van der Waals surface area contributed by atoms with E-state index in [4.69, 9.17) is 0 Å². The van der Waals surface area contributed by atoms with E-state index < -0.39 is 5.97 Å². The molecule has 1 heterocycles. The predicted octanol–water partition coefficient (Wildman–Crippen LogP) is 3.42. The standard InChI is InChI=1S/C21H15NO4/c1-26-21(25)15-10-8-13(9-11-15)12-22-19(23)16-6-2-4-14-5-3-7-17(18(14)16)20(22)24/h2-11H,12H2,1H3. The van der Waals surface area contributed by atoms with Gasteiger partial charge in [0.2, 0.25) is 0 Å². The molecule has 2 amide bonds. The number of nitrogens with zero attached hydrogens (tertiary/aromatic N) is 1. The summed E-state index contributed by atoms with van der Waals surface area (Å²) in [5.74, 6) is -1.05. The first kappa shape index (κ1) is 16.0. The van der Waals surface area contributed by atoms with Gasteiger partial charge >= 0.3 is 5.97 Å². The van der Waals surface area contributed by atoms with Crippen molar-refractivity contribution in [2.75, 3.05) is 7.11 Å². The molecule has 0 atom stereocenters. The van der Waals surface area contributed by atoms with Crippen LogP contribution in [0, 0.1) is 0 Å². The van der Waals surface area contributed by atoms with E-state index in [2.05, 4.69) is 4.74 Å². The molecule has 0 bridgehead atoms. The van der Waals surface area contributed by atoms with Gasteiger partial charge in [-0.2, -0.15) is 0 Å². The van der Waals surface area contributed by atoms with Gasteiger partial charge in [-0.1, -0.05) is 36.4 Å². The van der Waals surface area contributed by atoms with Gasteiger partial charge < -0.3 is 4.74 Å². The quantitative estimate of drug-likeness (QED) is 0.539. The highest BCUT2D eigenvalue weighted by molar-refractivity contribution is 6.25. The number of ether oxygens (including phenoxy) is 1. The number of esters is 1. The lowest BCUT2D eigenvalue weighted by molar-refractivity contribution is 0.0585. The SMILES string of the molecule is COC(=O)c1ccc(CN2C(=O)c3cccc4cccc(c34)C2=O)cc1. The largest absolute Gasteiger partial charge is 0.465 e. The molecular formula is C21H15NO4. The first-order chi connectivity index (χ1) is 12.6. The first-order valence-corrected chi connectivity index (χ1v) is 8.15. The molecule has 128 valence electrons. The minimum Gasteiger partial charge on any atom is -0.465 e. The highest BCUT2D eigenvalue weighted by Crippen LogP contribution is 2.30. The zero-order valence-corrected chi connectivity index (χ0v) is 14.1. The molecule has 3 aromatic carbocycles. The van der Waals surface area contributed by atoms with Crippen molar-refractivity contribution in [3.05, 3.63) is 82.9 Å². The van der Waals surface area contributed by atoms with Crippen LogP contribution in [0.2, 0.25) is 0 Å². The molecule has 4 rings (SSSR count). The van der Waals surface area contributed by atoms with Gasteiger partial charge in [-0.15, -0.1) is 0 Å². The second-order valence-electron chi connectivity index (χ2n) is 6.09. The topological polar surface area (TPSA) is 63.7 Å². The number of methoxy groups -OCH3 is 1. The maximum absolute atomic E-state index is 12.9. The minimum atomic E-state index is -0.428. The second-order valence-corrected chi connectivity index (χ2v) is 6.09. The van der Waals surface area contributed by atoms with Crippen LogP contribution in [-0.4, -0.2) is 29.8 Å². The fraction of sp³-hybridized carbons (Fsp3) is 0.0952. The van der Waals surface area contributed by atoms with E-state index >= 15 is 0 Å². The Morgan fingerprint density at radius 1 is 0.885 bits per heavy atom. The molecule has 5 nitrogen and oxygen atoms in total. The maximum atomic E-state index is 12.9. The number of hydrogen-bond donors (Lipinski definition) is 0. The molecule has 1 aliphatic rings. The summed E-state index contributed by atoms with van der Waals surface area (Å²) < 4.78 is 4.67. The van der Waals surface area contributed by atoms with Gasteiger partial charge in [0.1, 0.15) is 0 Å². The van der Waals surface area contributed by atoms with Crippen LogP contribution < -0.4 is 0 Å². The Bertz CT molecular complexity index is 1000.